The van der Waals surface area contributed by atoms with Crippen LogP contribution in [0.3, 0.4) is 0 Å². The number of aromatic nitrogens is 2. The molecule has 0 saturated carbocycles. The number of carbonyl (C=O) groups is 1. The Balaban J connectivity index is 1.63. The Hall–Kier alpha value is -2.61. The van der Waals surface area contributed by atoms with Crippen molar-refractivity contribution >= 4 is 5.91 Å². The van der Waals surface area contributed by atoms with Crippen molar-refractivity contribution in [1.29, 1.82) is 0 Å². The van der Waals surface area contributed by atoms with Crippen molar-refractivity contribution in [2.75, 3.05) is 19.6 Å². The number of hydrogen-bond acceptors (Lipinski definition) is 5. The van der Waals surface area contributed by atoms with Crippen LogP contribution in [0, 0.1) is 0 Å². The Bertz CT molecular complexity index is 803. The van der Waals surface area contributed by atoms with E-state index >= 15 is 0 Å². The Morgan fingerprint density at radius 2 is 2.04 bits per heavy atom. The van der Waals surface area contributed by atoms with Crippen molar-refractivity contribution in [3.05, 3.63) is 57.3 Å². The summed E-state index contributed by atoms with van der Waals surface area (Å²) in [5, 5.41) is 2.87. The van der Waals surface area contributed by atoms with Gasteiger partial charge in [0.25, 0.3) is 5.56 Å². The van der Waals surface area contributed by atoms with Gasteiger partial charge in [-0.2, -0.15) is 0 Å². The molecule has 0 radical (unpaired) electrons. The van der Waals surface area contributed by atoms with Crippen molar-refractivity contribution in [3.63, 3.8) is 0 Å². The van der Waals surface area contributed by atoms with Crippen LogP contribution in [0.2, 0.25) is 0 Å². The van der Waals surface area contributed by atoms with Gasteiger partial charge in [0.05, 0.1) is 12.3 Å². The fourth-order valence-corrected chi connectivity index (χ4v) is 3.11. The van der Waals surface area contributed by atoms with Crippen LogP contribution in [0.1, 0.15) is 31.1 Å². The zero-order valence-corrected chi connectivity index (χ0v) is 13.9. The predicted octanol–water partition coefficient (Wildman–Crippen LogP) is 0.473. The second kappa shape index (κ2) is 7.98. The van der Waals surface area contributed by atoms with Gasteiger partial charge in [-0.15, -0.1) is 0 Å². The van der Waals surface area contributed by atoms with Gasteiger partial charge in [0.2, 0.25) is 5.91 Å². The number of furan rings is 1. The summed E-state index contributed by atoms with van der Waals surface area (Å²) < 4.78 is 6.71. The molecular formula is C17H22N4O4. The first-order valence-corrected chi connectivity index (χ1v) is 8.47. The van der Waals surface area contributed by atoms with Crippen LogP contribution in [0.4, 0.5) is 0 Å². The Morgan fingerprint density at radius 1 is 1.24 bits per heavy atom. The standard InChI is InChI=1S/C17H22N4O4/c22-15-6-9-21(17(24)19-15)12-16(23)18-11-13(14-5-4-10-25-14)20-7-2-1-3-8-20/h4-6,9-10,13H,1-3,7-8,11-12H2,(H,18,23)(H,19,22,24). The van der Waals surface area contributed by atoms with Crippen molar-refractivity contribution < 1.29 is 9.21 Å². The van der Waals surface area contributed by atoms with Crippen LogP contribution in [0.5, 0.6) is 0 Å². The molecule has 1 fully saturated rings. The van der Waals surface area contributed by atoms with E-state index in [0.717, 1.165) is 31.7 Å². The highest BCUT2D eigenvalue weighted by Crippen LogP contribution is 2.24. The summed E-state index contributed by atoms with van der Waals surface area (Å²) in [4.78, 5) is 39.4. The van der Waals surface area contributed by atoms with Gasteiger partial charge in [-0.1, -0.05) is 6.42 Å². The van der Waals surface area contributed by atoms with Gasteiger partial charge in [0, 0.05) is 18.8 Å². The molecule has 3 heterocycles. The number of hydrogen-bond donors (Lipinski definition) is 2. The van der Waals surface area contributed by atoms with E-state index in [0.29, 0.717) is 6.54 Å². The minimum Gasteiger partial charge on any atom is -0.468 e. The molecule has 8 nitrogen and oxygen atoms in total. The van der Waals surface area contributed by atoms with E-state index in [1.165, 1.54) is 23.3 Å². The van der Waals surface area contributed by atoms with Gasteiger partial charge in [-0.25, -0.2) is 4.79 Å². The molecule has 1 aliphatic rings. The third-order valence-corrected chi connectivity index (χ3v) is 4.41. The number of rotatable bonds is 6. The van der Waals surface area contributed by atoms with Crippen molar-refractivity contribution in [1.82, 2.24) is 19.8 Å². The molecule has 0 bridgehead atoms. The molecule has 0 aromatic carbocycles. The number of nitrogens with one attached hydrogen (secondary N) is 2. The van der Waals surface area contributed by atoms with E-state index in [1.807, 2.05) is 12.1 Å². The van der Waals surface area contributed by atoms with E-state index in [9.17, 15) is 14.4 Å². The van der Waals surface area contributed by atoms with Gasteiger partial charge in [0.1, 0.15) is 12.3 Å². The molecule has 1 saturated heterocycles. The SMILES string of the molecule is O=C(Cn1ccc(=O)[nH]c1=O)NCC(c1ccco1)N1CCCCC1. The zero-order chi connectivity index (χ0) is 17.6. The minimum atomic E-state index is -0.596. The number of carbonyl (C=O) groups excluding carboxylic acids is 1. The first-order valence-electron chi connectivity index (χ1n) is 8.47. The second-order valence-corrected chi connectivity index (χ2v) is 6.17. The molecule has 0 spiro atoms. The number of piperidine rings is 1. The molecule has 134 valence electrons. The lowest BCUT2D eigenvalue weighted by Gasteiger charge is -2.33. The molecule has 2 aromatic rings. The lowest BCUT2D eigenvalue weighted by Crippen LogP contribution is -2.42. The highest BCUT2D eigenvalue weighted by molar-refractivity contribution is 5.75. The van der Waals surface area contributed by atoms with Crippen LogP contribution >= 0.6 is 0 Å². The summed E-state index contributed by atoms with van der Waals surface area (Å²) in [6, 6.07) is 4.95. The van der Waals surface area contributed by atoms with E-state index < -0.39 is 11.2 Å². The molecule has 25 heavy (non-hydrogen) atoms. The number of nitrogens with zero attached hydrogens (tertiary/aromatic N) is 2. The molecule has 8 heteroatoms. The maximum Gasteiger partial charge on any atom is 0.328 e. The normalized spacial score (nSPS) is 16.5. The number of H-pyrrole nitrogens is 1. The maximum absolute atomic E-state index is 12.2. The lowest BCUT2D eigenvalue weighted by atomic mass is 10.1. The summed E-state index contributed by atoms with van der Waals surface area (Å²) in [5.74, 6) is 0.533. The summed E-state index contributed by atoms with van der Waals surface area (Å²) in [7, 11) is 0. The quantitative estimate of drug-likeness (QED) is 0.792. The highest BCUT2D eigenvalue weighted by atomic mass is 16.3. The van der Waals surface area contributed by atoms with Gasteiger partial charge < -0.3 is 9.73 Å². The van der Waals surface area contributed by atoms with Crippen molar-refractivity contribution in [3.8, 4) is 0 Å². The van der Waals surface area contributed by atoms with Gasteiger partial charge >= 0.3 is 5.69 Å². The van der Waals surface area contributed by atoms with E-state index in [1.54, 1.807) is 6.26 Å². The smallest absolute Gasteiger partial charge is 0.328 e. The Labute approximate surface area is 144 Å². The molecule has 1 unspecified atom stereocenters. The van der Waals surface area contributed by atoms with Gasteiger partial charge in [-0.3, -0.25) is 24.0 Å². The Kier molecular flexibility index (Phi) is 5.49. The molecule has 1 amide bonds. The number of likely N-dealkylation sites (tertiary alicyclic amines) is 1. The lowest BCUT2D eigenvalue weighted by molar-refractivity contribution is -0.122. The fraction of sp³-hybridized carbons (Fsp3) is 0.471. The topological polar surface area (TPSA) is 100 Å². The van der Waals surface area contributed by atoms with Crippen molar-refractivity contribution in [2.45, 2.75) is 31.8 Å². The van der Waals surface area contributed by atoms with E-state index in [4.69, 9.17) is 4.42 Å². The van der Waals surface area contributed by atoms with Crippen LogP contribution < -0.4 is 16.6 Å². The van der Waals surface area contributed by atoms with Crippen LogP contribution in [-0.4, -0.2) is 40.0 Å². The van der Waals surface area contributed by atoms with Crippen LogP contribution in [-0.2, 0) is 11.3 Å². The largest absolute Gasteiger partial charge is 0.468 e. The van der Waals surface area contributed by atoms with Crippen molar-refractivity contribution in [2.24, 2.45) is 0 Å². The monoisotopic (exact) mass is 346 g/mol. The van der Waals surface area contributed by atoms with Crippen LogP contribution in [0.25, 0.3) is 0 Å². The zero-order valence-electron chi connectivity index (χ0n) is 13.9. The van der Waals surface area contributed by atoms with E-state index in [2.05, 4.69) is 15.2 Å². The first-order chi connectivity index (χ1) is 12.1. The Morgan fingerprint density at radius 3 is 2.72 bits per heavy atom. The molecule has 1 aliphatic heterocycles. The second-order valence-electron chi connectivity index (χ2n) is 6.17. The molecule has 3 rings (SSSR count). The summed E-state index contributed by atoms with van der Waals surface area (Å²) in [6.45, 7) is 2.21. The summed E-state index contributed by atoms with van der Waals surface area (Å²) in [5.41, 5.74) is -1.08. The first kappa shape index (κ1) is 17.2. The van der Waals surface area contributed by atoms with Gasteiger partial charge in [-0.05, 0) is 38.1 Å². The van der Waals surface area contributed by atoms with E-state index in [-0.39, 0.29) is 18.5 Å². The summed E-state index contributed by atoms with van der Waals surface area (Å²) >= 11 is 0. The van der Waals surface area contributed by atoms with Gasteiger partial charge in [0.15, 0.2) is 0 Å². The molecule has 2 N–H and O–H groups in total. The molecule has 1 atom stereocenters. The average Bonchev–Trinajstić information content (AvgIpc) is 3.13. The third-order valence-electron chi connectivity index (χ3n) is 4.41. The molecular weight excluding hydrogens is 324 g/mol. The maximum atomic E-state index is 12.2. The van der Waals surface area contributed by atoms with Crippen LogP contribution in [0.15, 0.2) is 44.7 Å². The predicted molar refractivity (Wildman–Crippen MR) is 91.2 cm³/mol. The molecule has 2 aromatic heterocycles. The fourth-order valence-electron chi connectivity index (χ4n) is 3.11. The molecule has 0 aliphatic carbocycles. The number of amides is 1. The highest BCUT2D eigenvalue weighted by Gasteiger charge is 2.24. The third kappa shape index (κ3) is 4.48. The summed E-state index contributed by atoms with van der Waals surface area (Å²) in [6.07, 6.45) is 6.45. The minimum absolute atomic E-state index is 0.0217. The average molecular weight is 346 g/mol. The number of aromatic amines is 1.